The summed E-state index contributed by atoms with van der Waals surface area (Å²) in [4.78, 5) is 44.7. The topological polar surface area (TPSA) is 115 Å². The summed E-state index contributed by atoms with van der Waals surface area (Å²) >= 11 is 0. The van der Waals surface area contributed by atoms with Gasteiger partial charge in [0, 0.05) is 18.7 Å². The molecule has 15 heteroatoms. The quantitative estimate of drug-likeness (QED) is 0.420. The van der Waals surface area contributed by atoms with Crippen molar-refractivity contribution in [1.82, 2.24) is 14.8 Å². The molecule has 0 radical (unpaired) electrons. The van der Waals surface area contributed by atoms with E-state index in [1.54, 1.807) is 20.8 Å². The number of benzene rings is 1. The Labute approximate surface area is 224 Å². The summed E-state index contributed by atoms with van der Waals surface area (Å²) in [5.74, 6) is -1.83. The van der Waals surface area contributed by atoms with Crippen LogP contribution < -0.4 is 5.73 Å². The molecule has 2 heterocycles. The van der Waals surface area contributed by atoms with Gasteiger partial charge in [0.2, 0.25) is 0 Å². The normalized spacial score (nSPS) is 16.5. The number of aromatic nitrogens is 1. The van der Waals surface area contributed by atoms with Gasteiger partial charge in [-0.15, -0.1) is 0 Å². The number of nitrogen functional groups attached to an aromatic ring is 1. The number of pyridine rings is 1. The van der Waals surface area contributed by atoms with Gasteiger partial charge in [0.25, 0.3) is 5.91 Å². The summed E-state index contributed by atoms with van der Waals surface area (Å²) < 4.78 is 90.2. The van der Waals surface area contributed by atoms with Crippen LogP contribution >= 0.6 is 0 Å². The number of hydrogen-bond acceptors (Lipinski definition) is 7. The first-order valence-corrected chi connectivity index (χ1v) is 11.7. The summed E-state index contributed by atoms with van der Waals surface area (Å²) in [5.41, 5.74) is 0.239. The van der Waals surface area contributed by atoms with Gasteiger partial charge in [-0.25, -0.2) is 14.6 Å². The molecule has 0 unspecified atom stereocenters. The maximum absolute atomic E-state index is 13.5. The first kappa shape index (κ1) is 30.5. The van der Waals surface area contributed by atoms with Crippen molar-refractivity contribution >= 4 is 23.7 Å². The van der Waals surface area contributed by atoms with Crippen LogP contribution in [0.1, 0.15) is 42.4 Å². The van der Waals surface area contributed by atoms with Crippen molar-refractivity contribution in [3.63, 3.8) is 0 Å². The second-order valence-electron chi connectivity index (χ2n) is 9.89. The number of alkyl halides is 6. The van der Waals surface area contributed by atoms with E-state index in [1.165, 1.54) is 4.90 Å². The third-order valence-corrected chi connectivity index (χ3v) is 5.78. The summed E-state index contributed by atoms with van der Waals surface area (Å²) in [5, 5.41) is 0. The van der Waals surface area contributed by atoms with Crippen LogP contribution in [0.5, 0.6) is 0 Å². The van der Waals surface area contributed by atoms with Gasteiger partial charge >= 0.3 is 24.4 Å². The van der Waals surface area contributed by atoms with Crippen LogP contribution in [-0.4, -0.2) is 71.1 Å². The number of nitrogens with zero attached hydrogens (tertiary/aromatic N) is 3. The molecule has 1 aromatic heterocycles. The minimum atomic E-state index is -5.09. The highest BCUT2D eigenvalue weighted by atomic mass is 19.4. The van der Waals surface area contributed by atoms with E-state index < -0.39 is 70.0 Å². The summed E-state index contributed by atoms with van der Waals surface area (Å²) in [7, 11) is 1.07. The zero-order valence-electron chi connectivity index (χ0n) is 21.8. The van der Waals surface area contributed by atoms with Gasteiger partial charge in [0.1, 0.15) is 11.6 Å². The van der Waals surface area contributed by atoms with Gasteiger partial charge in [-0.3, -0.25) is 4.79 Å². The van der Waals surface area contributed by atoms with E-state index in [4.69, 9.17) is 15.2 Å². The molecule has 1 aromatic carbocycles. The molecule has 2 N–H and O–H groups in total. The van der Waals surface area contributed by atoms with Crippen molar-refractivity contribution in [3.8, 4) is 11.3 Å². The van der Waals surface area contributed by atoms with Crippen molar-refractivity contribution in [1.29, 1.82) is 0 Å². The summed E-state index contributed by atoms with van der Waals surface area (Å²) in [6.45, 7) is 4.36. The predicted molar refractivity (Wildman–Crippen MR) is 129 cm³/mol. The Morgan fingerprint density at radius 3 is 2.02 bits per heavy atom. The van der Waals surface area contributed by atoms with Crippen LogP contribution in [0.25, 0.3) is 11.3 Å². The van der Waals surface area contributed by atoms with Gasteiger partial charge in [-0.2, -0.15) is 26.3 Å². The highest BCUT2D eigenvalue weighted by molar-refractivity contribution is 6.00. The number of halogens is 6. The molecule has 2 aromatic rings. The maximum atomic E-state index is 13.5. The lowest BCUT2D eigenvalue weighted by Gasteiger charge is -2.40. The first-order valence-electron chi connectivity index (χ1n) is 11.7. The Morgan fingerprint density at radius 2 is 1.52 bits per heavy atom. The second-order valence-corrected chi connectivity index (χ2v) is 9.89. The molecule has 1 saturated heterocycles. The molecule has 1 aliphatic heterocycles. The number of anilines is 1. The molecule has 218 valence electrons. The maximum Gasteiger partial charge on any atom is 0.416 e. The number of ether oxygens (including phenoxy) is 2. The molecule has 0 spiro atoms. The van der Waals surface area contributed by atoms with E-state index in [0.29, 0.717) is 12.1 Å². The van der Waals surface area contributed by atoms with E-state index in [0.717, 1.165) is 24.1 Å². The lowest BCUT2D eigenvalue weighted by atomic mass is 10.0. The van der Waals surface area contributed by atoms with Gasteiger partial charge in [0.15, 0.2) is 5.69 Å². The Balaban J connectivity index is 2.00. The highest BCUT2D eigenvalue weighted by Gasteiger charge is 2.41. The molecule has 9 nitrogen and oxygen atoms in total. The summed E-state index contributed by atoms with van der Waals surface area (Å²) in [6, 6.07) is 1.76. The Kier molecular flexibility index (Phi) is 8.27. The van der Waals surface area contributed by atoms with E-state index >= 15 is 0 Å². The molecule has 40 heavy (non-hydrogen) atoms. The zero-order valence-corrected chi connectivity index (χ0v) is 21.8. The molecular weight excluding hydrogens is 550 g/mol. The second kappa shape index (κ2) is 10.8. The number of hydrogen-bond donors (Lipinski definition) is 1. The zero-order chi connectivity index (χ0) is 30.2. The fraction of sp³-hybridized carbons (Fsp3) is 0.440. The van der Waals surface area contributed by atoms with Crippen molar-refractivity contribution in [2.45, 2.75) is 44.8 Å². The average Bonchev–Trinajstić information content (AvgIpc) is 2.85. The lowest BCUT2D eigenvalue weighted by Crippen LogP contribution is -2.60. The molecule has 1 atom stereocenters. The largest absolute Gasteiger partial charge is 0.467 e. The number of rotatable bonds is 3. The van der Waals surface area contributed by atoms with Gasteiger partial charge in [-0.1, -0.05) is 0 Å². The van der Waals surface area contributed by atoms with Crippen molar-refractivity contribution in [2.75, 3.05) is 32.5 Å². The lowest BCUT2D eigenvalue weighted by molar-refractivity contribution is -0.148. The number of methoxy groups -OCH3 is 1. The smallest absolute Gasteiger partial charge is 0.416 e. The Hall–Kier alpha value is -4.04. The van der Waals surface area contributed by atoms with Gasteiger partial charge < -0.3 is 25.0 Å². The first-order chi connectivity index (χ1) is 18.3. The minimum Gasteiger partial charge on any atom is -0.467 e. The highest BCUT2D eigenvalue weighted by Crippen LogP contribution is 2.38. The molecule has 0 saturated carbocycles. The number of nitrogens with two attached hydrogens (primary N) is 1. The van der Waals surface area contributed by atoms with E-state index in [9.17, 15) is 40.7 Å². The number of amides is 2. The monoisotopic (exact) mass is 576 g/mol. The van der Waals surface area contributed by atoms with Crippen molar-refractivity contribution < 1.29 is 50.2 Å². The van der Waals surface area contributed by atoms with Crippen molar-refractivity contribution in [3.05, 3.63) is 47.2 Å². The molecule has 3 rings (SSSR count). The van der Waals surface area contributed by atoms with Gasteiger partial charge in [-0.05, 0) is 51.1 Å². The number of piperazine rings is 1. The van der Waals surface area contributed by atoms with E-state index in [2.05, 4.69) is 4.98 Å². The SMILES string of the molecule is COC(=O)[C@@H]1CN(C(=O)OC(C)(C)C)CCN1C(=O)c1nc(-c2cc(C(F)(F)F)cc(C(F)(F)F)c2)ccc1N. The van der Waals surface area contributed by atoms with E-state index in [1.807, 2.05) is 0 Å². The Morgan fingerprint density at radius 1 is 0.950 bits per heavy atom. The van der Waals surface area contributed by atoms with E-state index in [-0.39, 0.29) is 31.4 Å². The van der Waals surface area contributed by atoms with Crippen LogP contribution in [0.2, 0.25) is 0 Å². The number of esters is 1. The van der Waals surface area contributed by atoms with Crippen LogP contribution in [0, 0.1) is 0 Å². The van der Waals surface area contributed by atoms with Crippen LogP contribution in [-0.2, 0) is 26.6 Å². The van der Waals surface area contributed by atoms with Crippen LogP contribution in [0.4, 0.5) is 36.8 Å². The van der Waals surface area contributed by atoms with Crippen LogP contribution in [0.3, 0.4) is 0 Å². The third kappa shape index (κ3) is 6.93. The molecular formula is C25H26F6N4O5. The molecule has 0 aliphatic carbocycles. The van der Waals surface area contributed by atoms with Crippen LogP contribution in [0.15, 0.2) is 30.3 Å². The molecule has 1 fully saturated rings. The fourth-order valence-corrected chi connectivity index (χ4v) is 3.90. The fourth-order valence-electron chi connectivity index (χ4n) is 3.90. The molecule has 1 aliphatic rings. The summed E-state index contributed by atoms with van der Waals surface area (Å²) in [6.07, 6.45) is -10.9. The third-order valence-electron chi connectivity index (χ3n) is 5.78. The number of carbonyl (C=O) groups excluding carboxylic acids is 3. The average molecular weight is 576 g/mol. The molecule has 0 bridgehead atoms. The molecule has 2 amide bonds. The number of carbonyl (C=O) groups is 3. The van der Waals surface area contributed by atoms with Gasteiger partial charge in [0.05, 0.1) is 36.2 Å². The standard InChI is InChI=1S/C25H26F6N4O5/c1-23(2,3)40-22(38)34-7-8-35(18(12-34)21(37)39-4)20(36)19-16(32)5-6-17(33-19)13-9-14(24(26,27)28)11-15(10-13)25(29,30)31/h5-6,9-11,18H,7-8,12,32H2,1-4H3/t18-/m0/s1. The Bertz CT molecular complexity index is 1270. The minimum absolute atomic E-state index is 0.0298. The van der Waals surface area contributed by atoms with Crippen molar-refractivity contribution in [2.24, 2.45) is 0 Å². The predicted octanol–water partition coefficient (Wildman–Crippen LogP) is 4.60.